The molecule has 0 aromatic heterocycles. The number of anilines is 1. The summed E-state index contributed by atoms with van der Waals surface area (Å²) in [6.45, 7) is -0.623. The van der Waals surface area contributed by atoms with Gasteiger partial charge in [-0.05, 0) is 36.4 Å². The molecule has 0 radical (unpaired) electrons. The van der Waals surface area contributed by atoms with E-state index >= 15 is 0 Å². The highest BCUT2D eigenvalue weighted by Crippen LogP contribution is 2.20. The lowest BCUT2D eigenvalue weighted by atomic mass is 10.2. The number of nitriles is 1. The first kappa shape index (κ1) is 17.7. The molecular formula is C16H9Cl2FN2O3. The molecule has 24 heavy (non-hydrogen) atoms. The highest BCUT2D eigenvalue weighted by atomic mass is 35.5. The zero-order valence-corrected chi connectivity index (χ0v) is 13.5. The van der Waals surface area contributed by atoms with Crippen molar-refractivity contribution in [3.63, 3.8) is 0 Å². The molecule has 1 N–H and O–H groups in total. The molecule has 122 valence electrons. The topological polar surface area (TPSA) is 79.2 Å². The molecule has 2 aromatic rings. The van der Waals surface area contributed by atoms with Gasteiger partial charge in [0.2, 0.25) is 0 Å². The number of carbonyl (C=O) groups is 2. The minimum absolute atomic E-state index is 0.167. The van der Waals surface area contributed by atoms with Crippen molar-refractivity contribution in [2.75, 3.05) is 11.9 Å². The molecule has 5 nitrogen and oxygen atoms in total. The van der Waals surface area contributed by atoms with Crippen LogP contribution in [0, 0.1) is 17.1 Å². The van der Waals surface area contributed by atoms with E-state index in [1.165, 1.54) is 24.3 Å². The van der Waals surface area contributed by atoms with Crippen molar-refractivity contribution in [2.24, 2.45) is 0 Å². The van der Waals surface area contributed by atoms with Crippen LogP contribution in [0.1, 0.15) is 15.9 Å². The largest absolute Gasteiger partial charge is 0.452 e. The number of carbonyl (C=O) groups excluding carboxylic acids is 2. The van der Waals surface area contributed by atoms with Crippen LogP contribution in [0.2, 0.25) is 10.0 Å². The highest BCUT2D eigenvalue weighted by molar-refractivity contribution is 6.32. The van der Waals surface area contributed by atoms with E-state index in [2.05, 4.69) is 5.32 Å². The third-order valence-corrected chi connectivity index (χ3v) is 3.40. The van der Waals surface area contributed by atoms with Crippen LogP contribution >= 0.6 is 23.2 Å². The molecule has 0 heterocycles. The lowest BCUT2D eigenvalue weighted by Crippen LogP contribution is -2.21. The van der Waals surface area contributed by atoms with E-state index < -0.39 is 24.3 Å². The molecule has 1 amide bonds. The number of benzene rings is 2. The van der Waals surface area contributed by atoms with Crippen LogP contribution in [0.5, 0.6) is 0 Å². The molecule has 0 saturated carbocycles. The van der Waals surface area contributed by atoms with Gasteiger partial charge in [0.05, 0.1) is 16.1 Å². The van der Waals surface area contributed by atoms with Gasteiger partial charge in [-0.25, -0.2) is 9.18 Å². The van der Waals surface area contributed by atoms with Gasteiger partial charge in [0.25, 0.3) is 5.91 Å². The van der Waals surface area contributed by atoms with E-state index in [0.29, 0.717) is 5.69 Å². The van der Waals surface area contributed by atoms with Crippen molar-refractivity contribution in [3.8, 4) is 6.07 Å². The Balaban J connectivity index is 1.96. The van der Waals surface area contributed by atoms with E-state index in [9.17, 15) is 14.0 Å². The highest BCUT2D eigenvalue weighted by Gasteiger charge is 2.15. The molecule has 0 atom stereocenters. The van der Waals surface area contributed by atoms with Gasteiger partial charge < -0.3 is 10.1 Å². The monoisotopic (exact) mass is 366 g/mol. The molecular weight excluding hydrogens is 358 g/mol. The second-order valence-corrected chi connectivity index (χ2v) is 5.40. The van der Waals surface area contributed by atoms with Crippen LogP contribution < -0.4 is 5.32 Å². The van der Waals surface area contributed by atoms with Gasteiger partial charge in [-0.2, -0.15) is 5.26 Å². The predicted molar refractivity (Wildman–Crippen MR) is 86.5 cm³/mol. The van der Waals surface area contributed by atoms with E-state index in [1.807, 2.05) is 6.07 Å². The maximum atomic E-state index is 13.5. The molecule has 0 aliphatic carbocycles. The molecule has 2 aromatic carbocycles. The number of hydrogen-bond donors (Lipinski definition) is 1. The van der Waals surface area contributed by atoms with Crippen LogP contribution in [0.3, 0.4) is 0 Å². The van der Waals surface area contributed by atoms with Gasteiger partial charge in [-0.15, -0.1) is 0 Å². The average molecular weight is 367 g/mol. The zero-order chi connectivity index (χ0) is 17.7. The molecule has 0 saturated heterocycles. The number of esters is 1. The van der Waals surface area contributed by atoms with Crippen molar-refractivity contribution in [1.29, 1.82) is 5.26 Å². The fourth-order valence-corrected chi connectivity index (χ4v) is 2.14. The number of nitrogens with zero attached hydrogens (tertiary/aromatic N) is 1. The number of hydrogen-bond acceptors (Lipinski definition) is 4. The van der Waals surface area contributed by atoms with Gasteiger partial charge in [-0.3, -0.25) is 4.79 Å². The Bertz CT molecular complexity index is 850. The lowest BCUT2D eigenvalue weighted by Gasteiger charge is -2.08. The third-order valence-electron chi connectivity index (χ3n) is 2.86. The Hall–Kier alpha value is -2.62. The third kappa shape index (κ3) is 4.44. The average Bonchev–Trinajstić information content (AvgIpc) is 2.55. The first-order valence-electron chi connectivity index (χ1n) is 6.52. The summed E-state index contributed by atoms with van der Waals surface area (Å²) in [6.07, 6.45) is 0. The van der Waals surface area contributed by atoms with E-state index in [1.54, 1.807) is 0 Å². The van der Waals surface area contributed by atoms with E-state index in [0.717, 1.165) is 12.1 Å². The lowest BCUT2D eigenvalue weighted by molar-refractivity contribution is -0.119. The molecule has 0 aliphatic rings. The van der Waals surface area contributed by atoms with Crippen LogP contribution in [-0.4, -0.2) is 18.5 Å². The van der Waals surface area contributed by atoms with Gasteiger partial charge in [0.1, 0.15) is 11.9 Å². The van der Waals surface area contributed by atoms with Crippen LogP contribution in [0.4, 0.5) is 10.1 Å². The van der Waals surface area contributed by atoms with Crippen LogP contribution in [0.25, 0.3) is 0 Å². The van der Waals surface area contributed by atoms with Crippen molar-refractivity contribution in [1.82, 2.24) is 0 Å². The van der Waals surface area contributed by atoms with E-state index in [-0.39, 0.29) is 21.2 Å². The summed E-state index contributed by atoms with van der Waals surface area (Å²) in [6, 6.07) is 9.60. The smallest absolute Gasteiger partial charge is 0.341 e. The van der Waals surface area contributed by atoms with Crippen molar-refractivity contribution in [2.45, 2.75) is 0 Å². The van der Waals surface area contributed by atoms with Crippen LogP contribution in [-0.2, 0) is 9.53 Å². The van der Waals surface area contributed by atoms with Crippen LogP contribution in [0.15, 0.2) is 36.4 Å². The first-order chi connectivity index (χ1) is 11.4. The summed E-state index contributed by atoms with van der Waals surface area (Å²) in [4.78, 5) is 23.5. The molecule has 0 aliphatic heterocycles. The normalized spacial score (nSPS) is 9.92. The minimum atomic E-state index is -1.01. The van der Waals surface area contributed by atoms with Gasteiger partial charge in [0, 0.05) is 10.7 Å². The Morgan fingerprint density at radius 3 is 2.62 bits per heavy atom. The zero-order valence-electron chi connectivity index (χ0n) is 12.0. The summed E-state index contributed by atoms with van der Waals surface area (Å²) < 4.78 is 18.2. The summed E-state index contributed by atoms with van der Waals surface area (Å²) >= 11 is 11.5. The number of halogens is 3. The summed E-state index contributed by atoms with van der Waals surface area (Å²) in [5.41, 5.74) is 0.225. The van der Waals surface area contributed by atoms with Gasteiger partial charge >= 0.3 is 5.97 Å². The Morgan fingerprint density at radius 2 is 1.96 bits per heavy atom. The summed E-state index contributed by atoms with van der Waals surface area (Å²) in [5.74, 6) is -2.46. The minimum Gasteiger partial charge on any atom is -0.452 e. The number of ether oxygens (including phenoxy) is 1. The van der Waals surface area contributed by atoms with E-state index in [4.69, 9.17) is 33.2 Å². The summed E-state index contributed by atoms with van der Waals surface area (Å²) in [5, 5.41) is 11.5. The number of amides is 1. The molecule has 0 bridgehead atoms. The fourth-order valence-electron chi connectivity index (χ4n) is 1.74. The van der Waals surface area contributed by atoms with Gasteiger partial charge in [0.15, 0.2) is 6.61 Å². The maximum absolute atomic E-state index is 13.5. The number of rotatable bonds is 4. The molecule has 0 fully saturated rings. The Morgan fingerprint density at radius 1 is 1.21 bits per heavy atom. The maximum Gasteiger partial charge on any atom is 0.341 e. The first-order valence-corrected chi connectivity index (χ1v) is 7.28. The van der Waals surface area contributed by atoms with Crippen molar-refractivity contribution < 1.29 is 18.7 Å². The summed E-state index contributed by atoms with van der Waals surface area (Å²) in [7, 11) is 0. The van der Waals surface area contributed by atoms with Gasteiger partial charge in [-0.1, -0.05) is 23.2 Å². The standard InChI is InChI=1S/C16H9Cl2FN2O3/c17-10-2-4-14(19)12(5-10)16(23)24-8-15(22)21-11-3-1-9(7-20)13(18)6-11/h1-6H,8H2,(H,21,22). The fraction of sp³-hybridized carbons (Fsp3) is 0.0625. The second kappa shape index (κ2) is 7.77. The molecule has 0 spiro atoms. The van der Waals surface area contributed by atoms with Crippen molar-refractivity contribution >= 4 is 40.8 Å². The second-order valence-electron chi connectivity index (χ2n) is 4.55. The predicted octanol–water partition coefficient (Wildman–Crippen LogP) is 3.80. The SMILES string of the molecule is N#Cc1ccc(NC(=O)COC(=O)c2cc(Cl)ccc2F)cc1Cl. The molecule has 2 rings (SSSR count). The Labute approximate surface area is 146 Å². The van der Waals surface area contributed by atoms with Crippen molar-refractivity contribution in [3.05, 3.63) is 63.4 Å². The molecule has 0 unspecified atom stereocenters. The Kier molecular flexibility index (Phi) is 5.74. The quantitative estimate of drug-likeness (QED) is 0.834. The number of nitrogens with one attached hydrogen (secondary N) is 1. The molecule has 8 heteroatoms.